The van der Waals surface area contributed by atoms with E-state index < -0.39 is 0 Å². The number of rotatable bonds is 2. The standard InChI is InChI=1S/C28H44OP2/c1-25(2,3)17-13-19(23(29-31)21(15-17)27(7,8)9)20-14-18(26(4,5)6)16-22(24(20)30)28(10,11)12/h13-16H,30-31H2,1-12H3. The van der Waals surface area contributed by atoms with Gasteiger partial charge in [0.2, 0.25) is 0 Å². The van der Waals surface area contributed by atoms with E-state index in [1.807, 2.05) is 0 Å². The van der Waals surface area contributed by atoms with Gasteiger partial charge in [0.25, 0.3) is 0 Å². The van der Waals surface area contributed by atoms with Crippen molar-refractivity contribution in [3.63, 3.8) is 0 Å². The Morgan fingerprint density at radius 2 is 0.935 bits per heavy atom. The molecular weight excluding hydrogens is 414 g/mol. The minimum Gasteiger partial charge on any atom is -0.479 e. The lowest BCUT2D eigenvalue weighted by Gasteiger charge is -2.31. The van der Waals surface area contributed by atoms with Crippen molar-refractivity contribution < 1.29 is 4.52 Å². The summed E-state index contributed by atoms with van der Waals surface area (Å²) >= 11 is 0. The van der Waals surface area contributed by atoms with Crippen LogP contribution in [0.15, 0.2) is 24.3 Å². The lowest BCUT2D eigenvalue weighted by molar-refractivity contribution is 0.537. The molecule has 0 radical (unpaired) electrons. The Morgan fingerprint density at radius 3 is 1.29 bits per heavy atom. The van der Waals surface area contributed by atoms with E-state index in [9.17, 15) is 0 Å². The van der Waals surface area contributed by atoms with Gasteiger partial charge in [-0.1, -0.05) is 95.2 Å². The molecule has 0 heterocycles. The summed E-state index contributed by atoms with van der Waals surface area (Å²) in [5, 5.41) is 1.26. The van der Waals surface area contributed by atoms with Crippen LogP contribution in [-0.4, -0.2) is 0 Å². The van der Waals surface area contributed by atoms with Crippen molar-refractivity contribution in [1.82, 2.24) is 0 Å². The average molecular weight is 459 g/mol. The zero-order chi connectivity index (χ0) is 24.2. The highest BCUT2D eigenvalue weighted by Crippen LogP contribution is 2.45. The molecule has 2 aromatic carbocycles. The molecule has 31 heavy (non-hydrogen) atoms. The smallest absolute Gasteiger partial charge is 0.134 e. The molecule has 0 saturated carbocycles. The van der Waals surface area contributed by atoms with Crippen molar-refractivity contribution in [2.45, 2.75) is 105 Å². The van der Waals surface area contributed by atoms with Gasteiger partial charge in [-0.2, -0.15) is 0 Å². The van der Waals surface area contributed by atoms with E-state index in [1.54, 1.807) is 0 Å². The molecule has 0 amide bonds. The molecule has 2 unspecified atom stereocenters. The highest BCUT2D eigenvalue weighted by Gasteiger charge is 2.29. The van der Waals surface area contributed by atoms with Crippen LogP contribution in [0.1, 0.15) is 105 Å². The lowest BCUT2D eigenvalue weighted by atomic mass is 9.76. The minimum absolute atomic E-state index is 0.0303. The summed E-state index contributed by atoms with van der Waals surface area (Å²) in [5.74, 6) is 0.958. The van der Waals surface area contributed by atoms with Crippen molar-refractivity contribution in [3.8, 4) is 16.9 Å². The fraction of sp³-hybridized carbons (Fsp3) is 0.571. The summed E-state index contributed by atoms with van der Waals surface area (Å²) in [6.45, 7) is 27.4. The van der Waals surface area contributed by atoms with Gasteiger partial charge in [-0.05, 0) is 61.4 Å². The van der Waals surface area contributed by atoms with Gasteiger partial charge in [0, 0.05) is 11.1 Å². The molecule has 1 nitrogen and oxygen atoms in total. The van der Waals surface area contributed by atoms with Crippen molar-refractivity contribution in [2.24, 2.45) is 0 Å². The average Bonchev–Trinajstić information content (AvgIpc) is 2.57. The van der Waals surface area contributed by atoms with Gasteiger partial charge >= 0.3 is 0 Å². The van der Waals surface area contributed by atoms with Crippen LogP contribution in [0.5, 0.6) is 5.75 Å². The molecule has 0 aromatic heterocycles. The molecule has 0 aliphatic heterocycles. The summed E-state index contributed by atoms with van der Waals surface area (Å²) in [7, 11) is 5.54. The highest BCUT2D eigenvalue weighted by molar-refractivity contribution is 7.28. The first-order chi connectivity index (χ1) is 13.8. The quantitative estimate of drug-likeness (QED) is 0.412. The third kappa shape index (κ3) is 5.72. The Bertz CT molecular complexity index is 959. The molecule has 3 heteroatoms. The summed E-state index contributed by atoms with van der Waals surface area (Å²) in [4.78, 5) is 0. The number of hydrogen-bond donors (Lipinski definition) is 0. The summed E-state index contributed by atoms with van der Waals surface area (Å²) in [6, 6.07) is 9.45. The Labute approximate surface area is 196 Å². The van der Waals surface area contributed by atoms with Crippen molar-refractivity contribution in [3.05, 3.63) is 46.5 Å². The van der Waals surface area contributed by atoms with Crippen LogP contribution in [0.3, 0.4) is 0 Å². The lowest BCUT2D eigenvalue weighted by Crippen LogP contribution is -2.24. The molecule has 2 aromatic rings. The second-order valence-corrected chi connectivity index (χ2v) is 13.8. The molecule has 0 aliphatic rings. The maximum Gasteiger partial charge on any atom is 0.134 e. The molecule has 0 bridgehead atoms. The van der Waals surface area contributed by atoms with E-state index in [-0.39, 0.29) is 21.7 Å². The Hall–Kier alpha value is -0.900. The molecule has 2 rings (SSSR count). The number of hydrogen-bond acceptors (Lipinski definition) is 1. The maximum atomic E-state index is 6.04. The molecule has 0 fully saturated rings. The Morgan fingerprint density at radius 1 is 0.548 bits per heavy atom. The van der Waals surface area contributed by atoms with Crippen LogP contribution >= 0.6 is 18.7 Å². The molecule has 172 valence electrons. The maximum absolute atomic E-state index is 6.04. The molecule has 0 aliphatic carbocycles. The van der Waals surface area contributed by atoms with Gasteiger partial charge in [-0.3, -0.25) is 0 Å². The van der Waals surface area contributed by atoms with Crippen LogP contribution in [0.25, 0.3) is 11.1 Å². The summed E-state index contributed by atoms with van der Waals surface area (Å²) in [6.07, 6.45) is 0. The summed E-state index contributed by atoms with van der Waals surface area (Å²) < 4.78 is 6.04. The predicted octanol–water partition coefficient (Wildman–Crippen LogP) is 8.21. The van der Waals surface area contributed by atoms with E-state index in [4.69, 9.17) is 4.52 Å². The van der Waals surface area contributed by atoms with E-state index in [2.05, 4.69) is 126 Å². The molecule has 0 N–H and O–H groups in total. The monoisotopic (exact) mass is 458 g/mol. The molecular formula is C28H44OP2. The fourth-order valence-corrected chi connectivity index (χ4v) is 4.88. The van der Waals surface area contributed by atoms with E-state index in [0.29, 0.717) is 0 Å². The largest absolute Gasteiger partial charge is 0.479 e. The van der Waals surface area contributed by atoms with Gasteiger partial charge in [-0.25, -0.2) is 0 Å². The zero-order valence-corrected chi connectivity index (χ0v) is 24.2. The van der Waals surface area contributed by atoms with Gasteiger partial charge in [0.1, 0.15) is 5.75 Å². The van der Waals surface area contributed by atoms with Crippen LogP contribution in [-0.2, 0) is 21.7 Å². The molecule has 0 spiro atoms. The fourth-order valence-electron chi connectivity index (χ4n) is 3.88. The Balaban J connectivity index is 3.08. The third-order valence-corrected chi connectivity index (χ3v) is 6.88. The third-order valence-electron chi connectivity index (χ3n) is 6.03. The topological polar surface area (TPSA) is 9.23 Å². The van der Waals surface area contributed by atoms with E-state index >= 15 is 0 Å². The van der Waals surface area contributed by atoms with Gasteiger partial charge in [0.15, 0.2) is 0 Å². The van der Waals surface area contributed by atoms with Crippen LogP contribution in [0.4, 0.5) is 0 Å². The Kier molecular flexibility index (Phi) is 7.20. The highest BCUT2D eigenvalue weighted by atomic mass is 31.0. The first-order valence-electron chi connectivity index (χ1n) is 11.3. The molecule has 0 saturated heterocycles. The SMILES string of the molecule is CC(C)(C)c1cc(-c2cc(C(C)(C)C)cc(C(C)(C)C)c2OP)c(P)c(C(C)(C)C)c1. The van der Waals surface area contributed by atoms with Gasteiger partial charge in [0.05, 0.1) is 9.47 Å². The first-order valence-corrected chi connectivity index (χ1v) is 12.3. The normalized spacial score (nSPS) is 13.5. The minimum atomic E-state index is -0.0303. The van der Waals surface area contributed by atoms with Crippen LogP contribution < -0.4 is 9.83 Å². The van der Waals surface area contributed by atoms with Crippen molar-refractivity contribution in [1.29, 1.82) is 0 Å². The number of benzene rings is 2. The predicted molar refractivity (Wildman–Crippen MR) is 146 cm³/mol. The molecule has 2 atom stereocenters. The van der Waals surface area contributed by atoms with E-state index in [0.717, 1.165) is 5.75 Å². The zero-order valence-electron chi connectivity index (χ0n) is 21.9. The summed E-state index contributed by atoms with van der Waals surface area (Å²) in [5.41, 5.74) is 7.84. The van der Waals surface area contributed by atoms with Gasteiger partial charge < -0.3 is 4.52 Å². The second-order valence-electron chi connectivity index (χ2n) is 13.0. The van der Waals surface area contributed by atoms with Crippen molar-refractivity contribution >= 4 is 24.0 Å². The first kappa shape index (κ1) is 26.4. The van der Waals surface area contributed by atoms with Gasteiger partial charge in [-0.15, -0.1) is 9.24 Å². The second kappa shape index (κ2) is 8.47. The van der Waals surface area contributed by atoms with Crippen LogP contribution in [0, 0.1) is 0 Å². The van der Waals surface area contributed by atoms with E-state index in [1.165, 1.54) is 38.7 Å². The van der Waals surface area contributed by atoms with Crippen molar-refractivity contribution in [2.75, 3.05) is 0 Å². The van der Waals surface area contributed by atoms with Crippen LogP contribution in [0.2, 0.25) is 0 Å².